The van der Waals surface area contributed by atoms with Gasteiger partial charge in [-0.15, -0.1) is 11.3 Å². The van der Waals surface area contributed by atoms with Crippen molar-refractivity contribution in [2.75, 3.05) is 18.5 Å². The number of nitrogens with zero attached hydrogens (tertiary/aromatic N) is 1. The van der Waals surface area contributed by atoms with Crippen LogP contribution in [0.2, 0.25) is 0 Å². The van der Waals surface area contributed by atoms with Crippen molar-refractivity contribution in [3.8, 4) is 11.3 Å². The number of anilines is 1. The van der Waals surface area contributed by atoms with Gasteiger partial charge in [-0.2, -0.15) is 0 Å². The molecular weight excluding hydrogens is 522 g/mol. The molecule has 0 bridgehead atoms. The molecule has 2 aromatic carbocycles. The number of ether oxygens (including phenoxy) is 1. The van der Waals surface area contributed by atoms with Gasteiger partial charge in [0.15, 0.2) is 5.13 Å². The number of hydrogen-bond acceptors (Lipinski definition) is 5. The van der Waals surface area contributed by atoms with Gasteiger partial charge in [-0.1, -0.05) is 38.0 Å². The smallest absolute Gasteiger partial charge is 0.331 e. The number of carboxylic acid groups (broad SMARTS) is 1. The van der Waals surface area contributed by atoms with Crippen LogP contribution in [0, 0.1) is 11.6 Å². The number of aryl methyl sites for hydroxylation is 2. The molecule has 0 saturated heterocycles. The van der Waals surface area contributed by atoms with Gasteiger partial charge in [0, 0.05) is 40.4 Å². The van der Waals surface area contributed by atoms with E-state index >= 15 is 0 Å². The molecule has 0 aliphatic heterocycles. The van der Waals surface area contributed by atoms with E-state index in [1.54, 1.807) is 0 Å². The fourth-order valence-electron chi connectivity index (χ4n) is 4.63. The van der Waals surface area contributed by atoms with Gasteiger partial charge < -0.3 is 9.84 Å². The van der Waals surface area contributed by atoms with E-state index in [1.165, 1.54) is 42.2 Å². The van der Waals surface area contributed by atoms with Gasteiger partial charge >= 0.3 is 5.97 Å². The largest absolute Gasteiger partial charge is 0.478 e. The lowest BCUT2D eigenvalue weighted by Crippen LogP contribution is -2.13. The highest BCUT2D eigenvalue weighted by atomic mass is 32.1. The van der Waals surface area contributed by atoms with Crippen molar-refractivity contribution in [2.24, 2.45) is 0 Å². The first-order valence-corrected chi connectivity index (χ1v) is 14.0. The predicted molar refractivity (Wildman–Crippen MR) is 149 cm³/mol. The molecule has 6 nitrogen and oxygen atoms in total. The first kappa shape index (κ1) is 28.6. The van der Waals surface area contributed by atoms with E-state index in [2.05, 4.69) is 23.3 Å². The van der Waals surface area contributed by atoms with Crippen molar-refractivity contribution in [2.45, 2.75) is 58.8 Å². The van der Waals surface area contributed by atoms with E-state index in [0.717, 1.165) is 79.7 Å². The van der Waals surface area contributed by atoms with Crippen molar-refractivity contribution in [3.63, 3.8) is 0 Å². The lowest BCUT2D eigenvalue weighted by atomic mass is 9.88. The number of carbonyl (C=O) groups excluding carboxylic acids is 1. The second-order valence-corrected chi connectivity index (χ2v) is 10.7. The molecule has 1 aliphatic carbocycles. The van der Waals surface area contributed by atoms with Crippen LogP contribution >= 0.6 is 11.3 Å². The summed E-state index contributed by atoms with van der Waals surface area (Å²) in [5, 5.41) is 12.0. The third-order valence-corrected chi connectivity index (χ3v) is 7.75. The molecular formula is C30H32F2N2O4S. The first-order chi connectivity index (χ1) is 18.8. The lowest BCUT2D eigenvalue weighted by Gasteiger charge is -2.18. The highest BCUT2D eigenvalue weighted by Crippen LogP contribution is 2.39. The van der Waals surface area contributed by atoms with E-state index < -0.39 is 29.1 Å². The molecule has 0 unspecified atom stereocenters. The summed E-state index contributed by atoms with van der Waals surface area (Å²) >= 11 is 1.36. The van der Waals surface area contributed by atoms with Crippen LogP contribution in [0.5, 0.6) is 0 Å². The van der Waals surface area contributed by atoms with Gasteiger partial charge in [0.25, 0.3) is 5.91 Å². The van der Waals surface area contributed by atoms with Crippen LogP contribution in [0.3, 0.4) is 0 Å². The molecule has 0 radical (unpaired) electrons. The molecule has 1 aromatic heterocycles. The molecule has 1 amide bonds. The van der Waals surface area contributed by atoms with E-state index in [0.29, 0.717) is 5.13 Å². The van der Waals surface area contributed by atoms with Gasteiger partial charge in [-0.25, -0.2) is 18.6 Å². The summed E-state index contributed by atoms with van der Waals surface area (Å²) in [4.78, 5) is 29.5. The van der Waals surface area contributed by atoms with Gasteiger partial charge in [0.2, 0.25) is 0 Å². The minimum absolute atomic E-state index is 0.220. The molecule has 9 heteroatoms. The minimum Gasteiger partial charge on any atom is -0.478 e. The number of nitrogens with one attached hydrogen (secondary N) is 1. The van der Waals surface area contributed by atoms with E-state index in [-0.39, 0.29) is 11.1 Å². The topological polar surface area (TPSA) is 88.5 Å². The van der Waals surface area contributed by atoms with E-state index in [9.17, 15) is 18.4 Å². The molecule has 206 valence electrons. The Morgan fingerprint density at radius 1 is 1.13 bits per heavy atom. The standard InChI is InChI=1S/C30H32F2N2O4S/c1-3-4-5-13-38-14-7-9-19-8-6-10-22-21(19)11-12-26-27(22)33-30(39-26)34-28(35)20-16-24(31)23(25(32)17-20)15-18(2)29(36)37/h6,8,10,15-17H,3-5,7,9,11-14H2,1-2H3,(H,36,37)(H,33,34,35)/b18-15+. The summed E-state index contributed by atoms with van der Waals surface area (Å²) in [6.07, 6.45) is 7.93. The second-order valence-electron chi connectivity index (χ2n) is 9.60. The number of amides is 1. The van der Waals surface area contributed by atoms with Crippen LogP contribution in [-0.4, -0.2) is 35.2 Å². The summed E-state index contributed by atoms with van der Waals surface area (Å²) in [6.45, 7) is 4.96. The minimum atomic E-state index is -1.29. The van der Waals surface area contributed by atoms with Crippen molar-refractivity contribution < 1.29 is 28.2 Å². The van der Waals surface area contributed by atoms with Crippen LogP contribution < -0.4 is 5.32 Å². The number of hydrogen-bond donors (Lipinski definition) is 2. The number of carboxylic acids is 1. The van der Waals surface area contributed by atoms with Gasteiger partial charge in [-0.3, -0.25) is 10.1 Å². The molecule has 1 heterocycles. The van der Waals surface area contributed by atoms with Gasteiger partial charge in [0.05, 0.1) is 5.69 Å². The summed E-state index contributed by atoms with van der Waals surface area (Å²) in [6, 6.07) is 8.00. The Morgan fingerprint density at radius 2 is 1.87 bits per heavy atom. The number of fused-ring (bicyclic) bond motifs is 3. The number of carbonyl (C=O) groups is 2. The van der Waals surface area contributed by atoms with Crippen molar-refractivity contribution >= 4 is 34.4 Å². The van der Waals surface area contributed by atoms with Crippen LogP contribution in [0.1, 0.15) is 71.5 Å². The number of unbranched alkanes of at least 4 members (excludes halogenated alkanes) is 2. The van der Waals surface area contributed by atoms with E-state index in [1.807, 2.05) is 12.1 Å². The molecule has 3 aromatic rings. The lowest BCUT2D eigenvalue weighted by molar-refractivity contribution is -0.132. The molecule has 0 atom stereocenters. The van der Waals surface area contributed by atoms with Gasteiger partial charge in [-0.05, 0) is 68.4 Å². The number of aliphatic carboxylic acids is 1. The average molecular weight is 555 g/mol. The molecule has 0 saturated carbocycles. The Bertz CT molecular complexity index is 1380. The van der Waals surface area contributed by atoms with Crippen molar-refractivity contribution in [1.29, 1.82) is 0 Å². The highest BCUT2D eigenvalue weighted by molar-refractivity contribution is 7.16. The van der Waals surface area contributed by atoms with E-state index in [4.69, 9.17) is 9.84 Å². The third-order valence-electron chi connectivity index (χ3n) is 6.71. The fourth-order valence-corrected chi connectivity index (χ4v) is 5.60. The normalized spacial score (nSPS) is 12.7. The molecule has 4 rings (SSSR count). The molecule has 2 N–H and O–H groups in total. The molecule has 39 heavy (non-hydrogen) atoms. The van der Waals surface area contributed by atoms with Crippen LogP contribution in [0.15, 0.2) is 35.9 Å². The number of rotatable bonds is 12. The number of benzene rings is 2. The third kappa shape index (κ3) is 6.96. The number of thiazole rings is 1. The maximum Gasteiger partial charge on any atom is 0.331 e. The summed E-state index contributed by atoms with van der Waals surface area (Å²) < 4.78 is 34.8. The fraction of sp³-hybridized carbons (Fsp3) is 0.367. The monoisotopic (exact) mass is 554 g/mol. The summed E-state index contributed by atoms with van der Waals surface area (Å²) in [5.74, 6) is -4.03. The average Bonchev–Trinajstić information content (AvgIpc) is 3.32. The van der Waals surface area contributed by atoms with Crippen molar-refractivity contribution in [1.82, 2.24) is 4.98 Å². The quantitative estimate of drug-likeness (QED) is 0.185. The number of halogens is 2. The molecule has 0 spiro atoms. The van der Waals surface area contributed by atoms with Crippen LogP contribution in [0.4, 0.5) is 13.9 Å². The Morgan fingerprint density at radius 3 is 2.59 bits per heavy atom. The Labute approximate surface area is 230 Å². The summed E-state index contributed by atoms with van der Waals surface area (Å²) in [7, 11) is 0. The second kappa shape index (κ2) is 13.1. The molecule has 1 aliphatic rings. The number of aromatic nitrogens is 1. The van der Waals surface area contributed by atoms with Crippen LogP contribution in [0.25, 0.3) is 17.3 Å². The van der Waals surface area contributed by atoms with Crippen molar-refractivity contribution in [3.05, 3.63) is 74.7 Å². The SMILES string of the molecule is CCCCCOCCCc1cccc2c1CCc1sc(NC(=O)c3cc(F)c(/C=C(\C)C(=O)O)c(F)c3)nc1-2. The predicted octanol–water partition coefficient (Wildman–Crippen LogP) is 7.07. The highest BCUT2D eigenvalue weighted by Gasteiger charge is 2.24. The Kier molecular flexibility index (Phi) is 9.59. The summed E-state index contributed by atoms with van der Waals surface area (Å²) in [5.41, 5.74) is 3.48. The van der Waals surface area contributed by atoms with Gasteiger partial charge in [0.1, 0.15) is 11.6 Å². The zero-order valence-corrected chi connectivity index (χ0v) is 22.9. The molecule has 0 fully saturated rings. The zero-order chi connectivity index (χ0) is 27.9. The first-order valence-electron chi connectivity index (χ1n) is 13.2. The van der Waals surface area contributed by atoms with Crippen LogP contribution in [-0.2, 0) is 28.8 Å². The maximum atomic E-state index is 14.5. The Hall–Kier alpha value is -3.43. The maximum absolute atomic E-state index is 14.5. The zero-order valence-electron chi connectivity index (χ0n) is 22.1. The Balaban J connectivity index is 1.45.